The first-order chi connectivity index (χ1) is 12.3. The summed E-state index contributed by atoms with van der Waals surface area (Å²) >= 11 is 0. The van der Waals surface area contributed by atoms with Gasteiger partial charge in [0.15, 0.2) is 0 Å². The highest BCUT2D eigenvalue weighted by Crippen LogP contribution is 2.37. The molecule has 26 heavy (non-hydrogen) atoms. The van der Waals surface area contributed by atoms with Crippen molar-refractivity contribution in [3.8, 4) is 5.75 Å². The maximum atomic E-state index is 11.3. The highest BCUT2D eigenvalue weighted by atomic mass is 32.2. The molecule has 3 rings (SSSR count). The van der Waals surface area contributed by atoms with Crippen LogP contribution in [0.3, 0.4) is 0 Å². The van der Waals surface area contributed by atoms with Gasteiger partial charge in [0, 0.05) is 5.56 Å². The van der Waals surface area contributed by atoms with E-state index in [4.69, 9.17) is 8.92 Å². The summed E-state index contributed by atoms with van der Waals surface area (Å²) in [6, 6.07) is 12.4. The lowest BCUT2D eigenvalue weighted by Gasteiger charge is -2.11. The largest absolute Gasteiger partial charge is 0.488 e. The van der Waals surface area contributed by atoms with Crippen LogP contribution in [0, 0.1) is 0 Å². The number of carboxylic acid groups (broad SMARTS) is 1. The molecule has 0 aliphatic carbocycles. The van der Waals surface area contributed by atoms with Crippen LogP contribution in [0.25, 0.3) is 5.57 Å². The monoisotopic (exact) mass is 374 g/mol. The lowest BCUT2D eigenvalue weighted by atomic mass is 9.92. The molecule has 1 heterocycles. The SMILES string of the molecule is CS(=O)(=O)OCC/C=C1/c2ccccc2COc2ccc(C(=O)O)cc21. The summed E-state index contributed by atoms with van der Waals surface area (Å²) in [6.07, 6.45) is 3.21. The van der Waals surface area contributed by atoms with Gasteiger partial charge in [0.05, 0.1) is 18.4 Å². The van der Waals surface area contributed by atoms with Gasteiger partial charge in [-0.05, 0) is 41.3 Å². The molecule has 2 aromatic rings. The number of benzene rings is 2. The highest BCUT2D eigenvalue weighted by molar-refractivity contribution is 7.85. The van der Waals surface area contributed by atoms with E-state index in [2.05, 4.69) is 0 Å². The molecular weight excluding hydrogens is 356 g/mol. The fourth-order valence-electron chi connectivity index (χ4n) is 2.83. The molecule has 6 nitrogen and oxygen atoms in total. The Balaban J connectivity index is 2.05. The lowest BCUT2D eigenvalue weighted by molar-refractivity contribution is 0.0696. The van der Waals surface area contributed by atoms with E-state index in [0.717, 1.165) is 23.0 Å². The normalized spacial score (nSPS) is 14.9. The zero-order valence-corrected chi connectivity index (χ0v) is 15.0. The zero-order chi connectivity index (χ0) is 18.7. The number of rotatable bonds is 5. The van der Waals surface area contributed by atoms with E-state index in [-0.39, 0.29) is 12.2 Å². The minimum atomic E-state index is -3.50. The molecule has 136 valence electrons. The fourth-order valence-corrected chi connectivity index (χ4v) is 3.23. The van der Waals surface area contributed by atoms with E-state index in [1.165, 1.54) is 6.07 Å². The molecule has 1 aliphatic rings. The van der Waals surface area contributed by atoms with Crippen LogP contribution in [0.5, 0.6) is 5.75 Å². The molecular formula is C19H18O6S. The van der Waals surface area contributed by atoms with E-state index in [1.54, 1.807) is 12.1 Å². The summed E-state index contributed by atoms with van der Waals surface area (Å²) in [5.41, 5.74) is 3.51. The van der Waals surface area contributed by atoms with E-state index in [0.29, 0.717) is 24.3 Å². The van der Waals surface area contributed by atoms with Gasteiger partial charge in [-0.2, -0.15) is 8.42 Å². The van der Waals surface area contributed by atoms with Gasteiger partial charge in [0.2, 0.25) is 0 Å². The third kappa shape index (κ3) is 4.12. The van der Waals surface area contributed by atoms with Gasteiger partial charge >= 0.3 is 5.97 Å². The predicted octanol–water partition coefficient (Wildman–Crippen LogP) is 3.08. The Bertz CT molecular complexity index is 975. The van der Waals surface area contributed by atoms with Gasteiger partial charge in [-0.25, -0.2) is 4.79 Å². The summed E-state index contributed by atoms with van der Waals surface area (Å²) in [5.74, 6) is -0.438. The molecule has 1 aliphatic heterocycles. The number of ether oxygens (including phenoxy) is 1. The van der Waals surface area contributed by atoms with E-state index < -0.39 is 16.1 Å². The second-order valence-electron chi connectivity index (χ2n) is 5.89. The molecule has 0 unspecified atom stereocenters. The number of carboxylic acids is 1. The standard InChI is InChI=1S/C19H18O6S/c1-26(22,23)25-10-4-7-16-15-6-3-2-5-14(15)12-24-18-9-8-13(19(20)21)11-17(16)18/h2-3,5-9,11H,4,10,12H2,1H3,(H,20,21)/b16-7-. The van der Waals surface area contributed by atoms with Crippen LogP contribution in [-0.2, 0) is 20.9 Å². The summed E-state index contributed by atoms with van der Waals surface area (Å²) in [4.78, 5) is 11.3. The van der Waals surface area contributed by atoms with Crippen LogP contribution in [0.1, 0.15) is 33.5 Å². The third-order valence-corrected chi connectivity index (χ3v) is 4.57. The van der Waals surface area contributed by atoms with Crippen molar-refractivity contribution in [1.29, 1.82) is 0 Å². The predicted molar refractivity (Wildman–Crippen MR) is 96.7 cm³/mol. The van der Waals surface area contributed by atoms with Gasteiger partial charge in [-0.15, -0.1) is 0 Å². The lowest BCUT2D eigenvalue weighted by Crippen LogP contribution is -2.03. The molecule has 0 spiro atoms. The minimum Gasteiger partial charge on any atom is -0.488 e. The third-order valence-electron chi connectivity index (χ3n) is 3.97. The molecule has 0 saturated carbocycles. The highest BCUT2D eigenvalue weighted by Gasteiger charge is 2.20. The maximum Gasteiger partial charge on any atom is 0.335 e. The molecule has 0 atom stereocenters. The Morgan fingerprint density at radius 3 is 2.73 bits per heavy atom. The van der Waals surface area contributed by atoms with Crippen LogP contribution in [0.2, 0.25) is 0 Å². The quantitative estimate of drug-likeness (QED) is 0.639. The topological polar surface area (TPSA) is 89.9 Å². The molecule has 0 aromatic heterocycles. The number of aromatic carboxylic acids is 1. The Morgan fingerprint density at radius 2 is 2.00 bits per heavy atom. The first kappa shape index (κ1) is 18.2. The van der Waals surface area contributed by atoms with Crippen LogP contribution < -0.4 is 4.74 Å². The minimum absolute atomic E-state index is 0.0132. The smallest absolute Gasteiger partial charge is 0.335 e. The number of fused-ring (bicyclic) bond motifs is 2. The van der Waals surface area contributed by atoms with Crippen molar-refractivity contribution in [3.05, 3.63) is 70.8 Å². The Labute approximate surface area is 151 Å². The van der Waals surface area contributed by atoms with Crippen molar-refractivity contribution in [3.63, 3.8) is 0 Å². The summed E-state index contributed by atoms with van der Waals surface area (Å²) in [6.45, 7) is 0.381. The average Bonchev–Trinajstić information content (AvgIpc) is 2.74. The van der Waals surface area contributed by atoms with Gasteiger partial charge in [-0.1, -0.05) is 30.3 Å². The van der Waals surface area contributed by atoms with Crippen molar-refractivity contribution in [1.82, 2.24) is 0 Å². The molecule has 0 fully saturated rings. The van der Waals surface area contributed by atoms with Gasteiger partial charge in [0.1, 0.15) is 12.4 Å². The van der Waals surface area contributed by atoms with E-state index in [1.807, 2.05) is 30.3 Å². The summed E-state index contributed by atoms with van der Waals surface area (Å²) in [7, 11) is -3.50. The van der Waals surface area contributed by atoms with Crippen molar-refractivity contribution in [2.24, 2.45) is 0 Å². The van der Waals surface area contributed by atoms with E-state index >= 15 is 0 Å². The molecule has 7 heteroatoms. The Kier molecular flexibility index (Phi) is 5.11. The number of hydrogen-bond donors (Lipinski definition) is 1. The van der Waals surface area contributed by atoms with Crippen LogP contribution >= 0.6 is 0 Å². The van der Waals surface area contributed by atoms with Crippen molar-refractivity contribution in [2.45, 2.75) is 13.0 Å². The number of hydrogen-bond acceptors (Lipinski definition) is 5. The second kappa shape index (κ2) is 7.31. The Morgan fingerprint density at radius 1 is 1.23 bits per heavy atom. The zero-order valence-electron chi connectivity index (χ0n) is 14.1. The Hall–Kier alpha value is -2.64. The van der Waals surface area contributed by atoms with Gasteiger partial charge in [-0.3, -0.25) is 4.18 Å². The molecule has 2 aromatic carbocycles. The summed E-state index contributed by atoms with van der Waals surface area (Å²) in [5, 5.41) is 9.29. The first-order valence-electron chi connectivity index (χ1n) is 7.98. The van der Waals surface area contributed by atoms with E-state index in [9.17, 15) is 18.3 Å². The van der Waals surface area contributed by atoms with Crippen molar-refractivity contribution >= 4 is 21.7 Å². The van der Waals surface area contributed by atoms with Crippen LogP contribution in [0.15, 0.2) is 48.5 Å². The molecule has 1 N–H and O–H groups in total. The number of carbonyl (C=O) groups is 1. The average molecular weight is 374 g/mol. The summed E-state index contributed by atoms with van der Waals surface area (Å²) < 4.78 is 32.9. The molecule has 0 amide bonds. The van der Waals surface area contributed by atoms with Gasteiger partial charge in [0.25, 0.3) is 10.1 Å². The second-order valence-corrected chi connectivity index (χ2v) is 7.54. The van der Waals surface area contributed by atoms with Gasteiger partial charge < -0.3 is 9.84 Å². The molecule has 0 bridgehead atoms. The molecule has 0 radical (unpaired) electrons. The fraction of sp³-hybridized carbons (Fsp3) is 0.211. The van der Waals surface area contributed by atoms with Crippen molar-refractivity contribution < 1.29 is 27.2 Å². The first-order valence-corrected chi connectivity index (χ1v) is 9.80. The van der Waals surface area contributed by atoms with Crippen LogP contribution in [-0.4, -0.2) is 32.4 Å². The van der Waals surface area contributed by atoms with Crippen LogP contribution in [0.4, 0.5) is 0 Å². The maximum absolute atomic E-state index is 11.3. The van der Waals surface area contributed by atoms with Crippen molar-refractivity contribution in [2.75, 3.05) is 12.9 Å². The molecule has 0 saturated heterocycles.